The number of nitrogens with one attached hydrogen (secondary N) is 1. The smallest absolute Gasteiger partial charge is 0.363 e. The molecule has 5 nitrogen and oxygen atoms in total. The molecular formula is C12H10F3N5S. The second-order valence-electron chi connectivity index (χ2n) is 4.35. The van der Waals surface area contributed by atoms with Crippen molar-refractivity contribution < 1.29 is 13.2 Å². The summed E-state index contributed by atoms with van der Waals surface area (Å²) in [5, 5.41) is 6.54. The lowest BCUT2D eigenvalue weighted by molar-refractivity contribution is -0.141. The fourth-order valence-corrected chi connectivity index (χ4v) is 2.57. The third-order valence-corrected chi connectivity index (χ3v) is 3.88. The van der Waals surface area contributed by atoms with Crippen molar-refractivity contribution in [1.29, 1.82) is 0 Å². The normalized spacial score (nSPS) is 12.0. The number of halogens is 3. The highest BCUT2D eigenvalue weighted by atomic mass is 32.1. The third-order valence-electron chi connectivity index (χ3n) is 2.94. The van der Waals surface area contributed by atoms with E-state index >= 15 is 0 Å². The lowest BCUT2D eigenvalue weighted by atomic mass is 10.3. The van der Waals surface area contributed by atoms with Gasteiger partial charge in [0.25, 0.3) is 0 Å². The number of alkyl halides is 3. The monoisotopic (exact) mass is 313 g/mol. The Hall–Kier alpha value is -2.16. The maximum absolute atomic E-state index is 12.7. The first-order chi connectivity index (χ1) is 9.95. The Labute approximate surface area is 121 Å². The van der Waals surface area contributed by atoms with Gasteiger partial charge in [0.15, 0.2) is 11.5 Å². The minimum absolute atomic E-state index is 0.284. The molecule has 0 unspecified atom stereocenters. The highest BCUT2D eigenvalue weighted by Crippen LogP contribution is 2.30. The van der Waals surface area contributed by atoms with E-state index in [1.165, 1.54) is 23.7 Å². The maximum Gasteiger partial charge on any atom is 0.435 e. The number of nitrogens with zero attached hydrogens (tertiary/aromatic N) is 4. The van der Waals surface area contributed by atoms with Gasteiger partial charge in [-0.1, -0.05) is 0 Å². The zero-order chi connectivity index (χ0) is 15.0. The van der Waals surface area contributed by atoms with Crippen LogP contribution in [-0.2, 0) is 12.7 Å². The van der Waals surface area contributed by atoms with Crippen LogP contribution in [0.1, 0.15) is 16.3 Å². The van der Waals surface area contributed by atoms with Crippen LogP contribution < -0.4 is 5.32 Å². The van der Waals surface area contributed by atoms with Crippen LogP contribution in [0, 0.1) is 6.92 Å². The summed E-state index contributed by atoms with van der Waals surface area (Å²) >= 11 is 1.48. The van der Waals surface area contributed by atoms with Gasteiger partial charge < -0.3 is 5.32 Å². The van der Waals surface area contributed by atoms with Crippen LogP contribution >= 0.6 is 11.3 Å². The van der Waals surface area contributed by atoms with Crippen LogP contribution in [-0.4, -0.2) is 19.6 Å². The molecule has 0 amide bonds. The van der Waals surface area contributed by atoms with Crippen LogP contribution in [0.15, 0.2) is 24.0 Å². The molecule has 0 fully saturated rings. The molecule has 0 saturated carbocycles. The van der Waals surface area contributed by atoms with Gasteiger partial charge >= 0.3 is 6.18 Å². The molecule has 9 heteroatoms. The average molecular weight is 313 g/mol. The number of fused-ring (bicyclic) bond motifs is 1. The Bertz CT molecular complexity index is 777. The van der Waals surface area contributed by atoms with Crippen molar-refractivity contribution in [3.63, 3.8) is 0 Å². The number of thiazole rings is 1. The molecule has 0 atom stereocenters. The summed E-state index contributed by atoms with van der Waals surface area (Å²) in [6.07, 6.45) is -1.69. The van der Waals surface area contributed by atoms with Crippen molar-refractivity contribution in [2.45, 2.75) is 19.6 Å². The molecule has 3 heterocycles. The molecule has 0 spiro atoms. The topological polar surface area (TPSA) is 55.1 Å². The van der Waals surface area contributed by atoms with Gasteiger partial charge in [-0.05, 0) is 6.92 Å². The number of anilines is 1. The predicted molar refractivity (Wildman–Crippen MR) is 72.2 cm³/mol. The van der Waals surface area contributed by atoms with Crippen molar-refractivity contribution in [3.05, 3.63) is 40.2 Å². The third kappa shape index (κ3) is 2.68. The Balaban J connectivity index is 1.92. The summed E-state index contributed by atoms with van der Waals surface area (Å²) < 4.78 is 39.3. The number of aromatic nitrogens is 4. The van der Waals surface area contributed by atoms with Gasteiger partial charge in [-0.15, -0.1) is 11.3 Å². The molecule has 0 aromatic carbocycles. The molecule has 0 aliphatic carbocycles. The molecule has 0 aliphatic heterocycles. The van der Waals surface area contributed by atoms with Crippen LogP contribution in [0.3, 0.4) is 0 Å². The van der Waals surface area contributed by atoms with Crippen LogP contribution in [0.4, 0.5) is 19.0 Å². The lowest BCUT2D eigenvalue weighted by Gasteiger charge is -2.05. The molecule has 0 bridgehead atoms. The molecular weight excluding hydrogens is 303 g/mol. The van der Waals surface area contributed by atoms with Crippen molar-refractivity contribution in [1.82, 2.24) is 19.6 Å². The summed E-state index contributed by atoms with van der Waals surface area (Å²) in [4.78, 5) is 9.20. The summed E-state index contributed by atoms with van der Waals surface area (Å²) in [6, 6.07) is 0.981. The largest absolute Gasteiger partial charge is 0.435 e. The molecule has 3 aromatic heterocycles. The summed E-state index contributed by atoms with van der Waals surface area (Å²) in [5.74, 6) is 0.355. The first-order valence-corrected chi connectivity index (χ1v) is 6.87. The Morgan fingerprint density at radius 3 is 2.81 bits per heavy atom. The van der Waals surface area contributed by atoms with Gasteiger partial charge in [-0.3, -0.25) is 0 Å². The van der Waals surface area contributed by atoms with Crippen molar-refractivity contribution in [2.75, 3.05) is 5.32 Å². The predicted octanol–water partition coefficient (Wildman–Crippen LogP) is 3.13. The minimum atomic E-state index is -4.47. The average Bonchev–Trinajstić information content (AvgIpc) is 3.02. The molecule has 21 heavy (non-hydrogen) atoms. The molecule has 110 valence electrons. The molecule has 0 saturated heterocycles. The number of aryl methyl sites for hydroxylation is 1. The van der Waals surface area contributed by atoms with E-state index in [1.54, 1.807) is 5.51 Å². The Morgan fingerprint density at radius 1 is 1.33 bits per heavy atom. The number of rotatable bonds is 3. The maximum atomic E-state index is 12.7. The quantitative estimate of drug-likeness (QED) is 0.807. The fraction of sp³-hybridized carbons (Fsp3) is 0.250. The molecule has 3 aromatic rings. The summed E-state index contributed by atoms with van der Waals surface area (Å²) in [7, 11) is 0. The zero-order valence-electron chi connectivity index (χ0n) is 10.8. The number of hydrogen-bond donors (Lipinski definition) is 1. The lowest BCUT2D eigenvalue weighted by Crippen LogP contribution is -2.05. The van der Waals surface area contributed by atoms with Crippen molar-refractivity contribution in [2.24, 2.45) is 0 Å². The standard InChI is InChI=1S/C12H10F3N5S/c1-7-9(21-6-18-7)5-17-11-8-4-10(12(13,14)15)19-20(8)3-2-16-11/h2-4,6H,5H2,1H3,(H,16,17). The van der Waals surface area contributed by atoms with E-state index in [4.69, 9.17) is 0 Å². The molecule has 3 rings (SSSR count). The number of hydrogen-bond acceptors (Lipinski definition) is 5. The molecule has 0 radical (unpaired) electrons. The van der Waals surface area contributed by atoms with Gasteiger partial charge in [0.05, 0.1) is 17.7 Å². The van der Waals surface area contributed by atoms with E-state index in [0.717, 1.165) is 21.2 Å². The van der Waals surface area contributed by atoms with Gasteiger partial charge in [-0.2, -0.15) is 18.3 Å². The molecule has 1 N–H and O–H groups in total. The van der Waals surface area contributed by atoms with E-state index in [1.807, 2.05) is 6.92 Å². The van der Waals surface area contributed by atoms with Gasteiger partial charge in [0.2, 0.25) is 0 Å². The van der Waals surface area contributed by atoms with E-state index in [2.05, 4.69) is 20.4 Å². The summed E-state index contributed by atoms with van der Waals surface area (Å²) in [6.45, 7) is 2.33. The Morgan fingerprint density at radius 2 is 2.14 bits per heavy atom. The van der Waals surface area contributed by atoms with E-state index in [9.17, 15) is 13.2 Å². The minimum Gasteiger partial charge on any atom is -0.363 e. The zero-order valence-corrected chi connectivity index (χ0v) is 11.7. The Kier molecular flexibility index (Phi) is 3.28. The highest BCUT2D eigenvalue weighted by Gasteiger charge is 2.34. The second-order valence-corrected chi connectivity index (χ2v) is 5.29. The summed E-state index contributed by atoms with van der Waals surface area (Å²) in [5.41, 5.74) is 1.96. The van der Waals surface area contributed by atoms with E-state index in [0.29, 0.717) is 12.4 Å². The van der Waals surface area contributed by atoms with Crippen LogP contribution in [0.2, 0.25) is 0 Å². The van der Waals surface area contributed by atoms with E-state index < -0.39 is 11.9 Å². The fourth-order valence-electron chi connectivity index (χ4n) is 1.86. The highest BCUT2D eigenvalue weighted by molar-refractivity contribution is 7.09. The van der Waals surface area contributed by atoms with Gasteiger partial charge in [-0.25, -0.2) is 14.5 Å². The molecule has 0 aliphatic rings. The van der Waals surface area contributed by atoms with Crippen LogP contribution in [0.25, 0.3) is 5.52 Å². The van der Waals surface area contributed by atoms with Gasteiger partial charge in [0.1, 0.15) is 5.52 Å². The van der Waals surface area contributed by atoms with Crippen molar-refractivity contribution in [3.8, 4) is 0 Å². The second kappa shape index (κ2) is 4.99. The SMILES string of the molecule is Cc1ncsc1CNc1nccn2nc(C(F)(F)F)cc12. The first-order valence-electron chi connectivity index (χ1n) is 5.99. The first kappa shape index (κ1) is 13.8. The van der Waals surface area contributed by atoms with Gasteiger partial charge in [0, 0.05) is 23.3 Å². The van der Waals surface area contributed by atoms with Crippen LogP contribution in [0.5, 0.6) is 0 Å². The van der Waals surface area contributed by atoms with E-state index in [-0.39, 0.29) is 5.52 Å². The van der Waals surface area contributed by atoms with Crippen molar-refractivity contribution >= 4 is 22.7 Å².